The van der Waals surface area contributed by atoms with Crippen molar-refractivity contribution in [2.24, 2.45) is 0 Å². The lowest BCUT2D eigenvalue weighted by atomic mass is 10.1. The third-order valence-electron chi connectivity index (χ3n) is 1.22. The van der Waals surface area contributed by atoms with Gasteiger partial charge >= 0.3 is 5.97 Å². The van der Waals surface area contributed by atoms with Gasteiger partial charge in [-0.2, -0.15) is 0 Å². The van der Waals surface area contributed by atoms with Gasteiger partial charge in [0.25, 0.3) is 0 Å². The molecule has 0 radical (unpaired) electrons. The fourth-order valence-electron chi connectivity index (χ4n) is 0.636. The molecule has 4 heteroatoms. The third-order valence-corrected chi connectivity index (χ3v) is 3.65. The summed E-state index contributed by atoms with van der Waals surface area (Å²) in [5.41, 5.74) is 0. The highest BCUT2D eigenvalue weighted by Gasteiger charge is 2.38. The van der Waals surface area contributed by atoms with E-state index in [2.05, 4.69) is 18.4 Å². The molecule has 1 unspecified atom stereocenters. The van der Waals surface area contributed by atoms with E-state index in [1.54, 1.807) is 11.5 Å². The van der Waals surface area contributed by atoms with Crippen LogP contribution in [-0.4, -0.2) is 15.8 Å². The number of hydrogen-bond acceptors (Lipinski definition) is 3. The van der Waals surface area contributed by atoms with Crippen LogP contribution >= 0.6 is 21.6 Å². The van der Waals surface area contributed by atoms with E-state index in [1.165, 1.54) is 27.7 Å². The van der Waals surface area contributed by atoms with E-state index in [9.17, 15) is 4.79 Å². The van der Waals surface area contributed by atoms with Crippen LogP contribution in [0.4, 0.5) is 0 Å². The molecule has 1 aliphatic heterocycles. The Morgan fingerprint density at radius 1 is 1.75 bits per heavy atom. The van der Waals surface area contributed by atoms with Gasteiger partial charge in [-0.15, -0.1) is 0 Å². The molecule has 1 heterocycles. The number of aliphatic carboxylic acids is 1. The highest BCUT2D eigenvalue weighted by Crippen LogP contribution is 2.44. The summed E-state index contributed by atoms with van der Waals surface area (Å²) < 4.78 is -1.07. The summed E-state index contributed by atoms with van der Waals surface area (Å²) in [7, 11) is 2.60. The van der Waals surface area contributed by atoms with Gasteiger partial charge in [0.05, 0.1) is 0 Å². The maximum atomic E-state index is 10.8. The second-order valence-corrected chi connectivity index (χ2v) is 4.35. The van der Waals surface area contributed by atoms with Gasteiger partial charge in [-0.05, 0) is 17.6 Å². The lowest BCUT2D eigenvalue weighted by molar-refractivity contribution is -0.137. The lowest BCUT2D eigenvalue weighted by Gasteiger charge is -2.11. The smallest absolute Gasteiger partial charge is 0.337 e. The molecule has 0 fully saturated rings. The van der Waals surface area contributed by atoms with Crippen molar-refractivity contribution in [1.29, 1.82) is 0 Å². The van der Waals surface area contributed by atoms with Gasteiger partial charge in [-0.3, -0.25) is 0 Å². The molecule has 0 aromatic carbocycles. The van der Waals surface area contributed by atoms with Gasteiger partial charge in [0.2, 0.25) is 4.75 Å². The van der Waals surface area contributed by atoms with Crippen LogP contribution in [0.1, 0.15) is 0 Å². The molecule has 1 N–H and O–H groups in total. The first-order chi connectivity index (χ1) is 5.71. The minimum absolute atomic E-state index is 0.928. The summed E-state index contributed by atoms with van der Waals surface area (Å²) >= 11 is 0. The Morgan fingerprint density at radius 2 is 2.50 bits per heavy atom. The molecule has 2 nitrogen and oxygen atoms in total. The van der Waals surface area contributed by atoms with E-state index < -0.39 is 10.7 Å². The monoisotopic (exact) mass is 198 g/mol. The minimum Gasteiger partial charge on any atom is -0.479 e. The lowest BCUT2D eigenvalue weighted by Crippen LogP contribution is -2.28. The Kier molecular flexibility index (Phi) is 2.90. The Balaban J connectivity index is 2.95. The summed E-state index contributed by atoms with van der Waals surface area (Å²) in [5.74, 6) is 4.26. The van der Waals surface area contributed by atoms with Crippen molar-refractivity contribution in [2.45, 2.75) is 4.75 Å². The van der Waals surface area contributed by atoms with Gasteiger partial charge in [0, 0.05) is 0 Å². The van der Waals surface area contributed by atoms with Crippen LogP contribution in [0, 0.1) is 11.8 Å². The Bertz CT molecular complexity index is 298. The normalized spacial score (nSPS) is 26.0. The molecule has 0 saturated carbocycles. The van der Waals surface area contributed by atoms with Crippen LogP contribution in [0.5, 0.6) is 0 Å². The Labute approximate surface area is 78.5 Å². The number of hydrogen-bond donors (Lipinski definition) is 1. The van der Waals surface area contributed by atoms with Crippen molar-refractivity contribution in [3.63, 3.8) is 0 Å². The van der Waals surface area contributed by atoms with Gasteiger partial charge < -0.3 is 5.11 Å². The zero-order chi connectivity index (χ0) is 9.03. The van der Waals surface area contributed by atoms with Crippen LogP contribution in [-0.2, 0) is 4.79 Å². The fourth-order valence-corrected chi connectivity index (χ4v) is 2.78. The molecule has 1 atom stereocenters. The van der Waals surface area contributed by atoms with Crippen molar-refractivity contribution in [3.05, 3.63) is 24.1 Å². The zero-order valence-corrected chi connectivity index (χ0v) is 7.74. The molecule has 1 aliphatic rings. The summed E-state index contributed by atoms with van der Waals surface area (Å²) in [4.78, 5) is 10.8. The number of carbonyl (C=O) groups is 1. The predicted octanol–water partition coefficient (Wildman–Crippen LogP) is 1.91. The molecule has 1 rings (SSSR count). The average Bonchev–Trinajstić information content (AvgIpc) is 2.50. The third kappa shape index (κ3) is 1.68. The predicted molar refractivity (Wildman–Crippen MR) is 52.7 cm³/mol. The highest BCUT2D eigenvalue weighted by atomic mass is 33.1. The highest BCUT2D eigenvalue weighted by molar-refractivity contribution is 8.79. The molecule has 0 aromatic rings. The minimum atomic E-state index is -1.07. The number of carboxylic acid groups (broad SMARTS) is 1. The first kappa shape index (κ1) is 9.30. The van der Waals surface area contributed by atoms with E-state index in [-0.39, 0.29) is 0 Å². The SMILES string of the molecule is C=CC#CC1(C(=O)O)C=CSS1. The van der Waals surface area contributed by atoms with Crippen LogP contribution in [0.3, 0.4) is 0 Å². The topological polar surface area (TPSA) is 37.3 Å². The van der Waals surface area contributed by atoms with Crippen molar-refractivity contribution in [3.8, 4) is 11.8 Å². The second-order valence-electron chi connectivity index (χ2n) is 2.00. The van der Waals surface area contributed by atoms with E-state index in [1.807, 2.05) is 0 Å². The molecule has 0 aromatic heterocycles. The van der Waals surface area contributed by atoms with Crippen molar-refractivity contribution in [2.75, 3.05) is 0 Å². The van der Waals surface area contributed by atoms with Gasteiger partial charge in [0.1, 0.15) is 0 Å². The molecule has 12 heavy (non-hydrogen) atoms. The summed E-state index contributed by atoms with van der Waals surface area (Å²) in [6, 6.07) is 0. The van der Waals surface area contributed by atoms with E-state index in [0.717, 1.165) is 0 Å². The standard InChI is InChI=1S/C8H6O2S2/c1-2-3-4-8(7(9)10)5-6-11-12-8/h2,5-6H,1H2,(H,9,10). The maximum absolute atomic E-state index is 10.8. The summed E-state index contributed by atoms with van der Waals surface area (Å²) in [6.45, 7) is 3.41. The van der Waals surface area contributed by atoms with E-state index in [0.29, 0.717) is 0 Å². The summed E-state index contributed by atoms with van der Waals surface area (Å²) in [6.07, 6.45) is 2.98. The number of rotatable bonds is 1. The van der Waals surface area contributed by atoms with Crippen LogP contribution in [0.15, 0.2) is 24.1 Å². The Hall–Kier alpha value is -0.790. The molecular formula is C8H6O2S2. The second kappa shape index (κ2) is 3.74. The van der Waals surface area contributed by atoms with Crippen LogP contribution in [0.25, 0.3) is 0 Å². The number of allylic oxidation sites excluding steroid dienone is 1. The molecule has 0 aliphatic carbocycles. The van der Waals surface area contributed by atoms with Crippen LogP contribution < -0.4 is 0 Å². The van der Waals surface area contributed by atoms with Crippen LogP contribution in [0.2, 0.25) is 0 Å². The zero-order valence-electron chi connectivity index (χ0n) is 6.11. The quantitative estimate of drug-likeness (QED) is 0.516. The first-order valence-corrected chi connectivity index (χ1v) is 5.32. The summed E-state index contributed by atoms with van der Waals surface area (Å²) in [5, 5.41) is 10.6. The van der Waals surface area contributed by atoms with E-state index in [4.69, 9.17) is 5.11 Å². The molecule has 0 bridgehead atoms. The van der Waals surface area contributed by atoms with E-state index >= 15 is 0 Å². The molecule has 0 amide bonds. The fraction of sp³-hybridized carbons (Fsp3) is 0.125. The van der Waals surface area contributed by atoms with Gasteiger partial charge in [0.15, 0.2) is 0 Å². The largest absolute Gasteiger partial charge is 0.479 e. The molecular weight excluding hydrogens is 192 g/mol. The molecule has 0 saturated heterocycles. The van der Waals surface area contributed by atoms with Gasteiger partial charge in [-0.25, -0.2) is 4.79 Å². The Morgan fingerprint density at radius 3 is 2.92 bits per heavy atom. The first-order valence-electron chi connectivity index (χ1n) is 3.10. The molecule has 0 spiro atoms. The number of carboxylic acids is 1. The van der Waals surface area contributed by atoms with Gasteiger partial charge in [-0.1, -0.05) is 40.0 Å². The molecule has 62 valence electrons. The van der Waals surface area contributed by atoms with Crippen molar-refractivity contribution in [1.82, 2.24) is 0 Å². The van der Waals surface area contributed by atoms with Crippen molar-refractivity contribution < 1.29 is 9.90 Å². The maximum Gasteiger partial charge on any atom is 0.337 e. The van der Waals surface area contributed by atoms with Crippen molar-refractivity contribution >= 4 is 27.6 Å². The average molecular weight is 198 g/mol.